The fourth-order valence-electron chi connectivity index (χ4n) is 1.94. The number of anilines is 1. The van der Waals surface area contributed by atoms with Gasteiger partial charge in [0.1, 0.15) is 6.61 Å². The minimum atomic E-state index is -0.271. The molecule has 92 valence electrons. The first kappa shape index (κ1) is 12.4. The molecule has 0 aromatic heterocycles. The van der Waals surface area contributed by atoms with Gasteiger partial charge in [0.25, 0.3) is 0 Å². The molecular formula is C12H15BrN2O2. The molecule has 1 heterocycles. The summed E-state index contributed by atoms with van der Waals surface area (Å²) in [6, 6.07) is 5.92. The number of ether oxygens (including phenoxy) is 1. The van der Waals surface area contributed by atoms with Crippen LogP contribution < -0.4 is 10.2 Å². The summed E-state index contributed by atoms with van der Waals surface area (Å²) in [7, 11) is 1.87. The number of nitrogens with zero attached hydrogens (tertiary/aromatic N) is 1. The fourth-order valence-corrected chi connectivity index (χ4v) is 2.19. The first-order chi connectivity index (χ1) is 8.13. The third-order valence-corrected chi connectivity index (χ3v) is 3.71. The van der Waals surface area contributed by atoms with E-state index in [1.54, 1.807) is 4.90 Å². The minimum absolute atomic E-state index is 0.0630. The van der Waals surface area contributed by atoms with E-state index in [0.717, 1.165) is 22.3 Å². The molecule has 1 atom stereocenters. The van der Waals surface area contributed by atoms with Crippen LogP contribution in [0.15, 0.2) is 22.7 Å². The van der Waals surface area contributed by atoms with E-state index in [1.165, 1.54) is 0 Å². The van der Waals surface area contributed by atoms with Gasteiger partial charge in [-0.2, -0.15) is 0 Å². The van der Waals surface area contributed by atoms with E-state index < -0.39 is 0 Å². The minimum Gasteiger partial charge on any atom is -0.447 e. The summed E-state index contributed by atoms with van der Waals surface area (Å²) in [5, 5.41) is 3.07. The number of carbonyl (C=O) groups excluding carboxylic acids is 1. The van der Waals surface area contributed by atoms with Gasteiger partial charge in [0.2, 0.25) is 0 Å². The Labute approximate surface area is 109 Å². The van der Waals surface area contributed by atoms with Crippen LogP contribution in [0.5, 0.6) is 0 Å². The molecule has 1 aliphatic rings. The molecule has 1 N–H and O–H groups in total. The van der Waals surface area contributed by atoms with Crippen molar-refractivity contribution in [2.75, 3.05) is 25.1 Å². The molecule has 1 fully saturated rings. The maximum atomic E-state index is 11.7. The Morgan fingerprint density at radius 2 is 2.35 bits per heavy atom. The van der Waals surface area contributed by atoms with Gasteiger partial charge in [0.15, 0.2) is 0 Å². The normalized spacial score (nSPS) is 19.6. The smallest absolute Gasteiger partial charge is 0.414 e. The lowest BCUT2D eigenvalue weighted by molar-refractivity contribution is 0.178. The summed E-state index contributed by atoms with van der Waals surface area (Å²) in [6.07, 6.45) is -0.271. The molecule has 0 saturated carbocycles. The number of likely N-dealkylation sites (N-methyl/N-ethyl adjacent to an activating group) is 1. The van der Waals surface area contributed by atoms with Crippen LogP contribution in [0.2, 0.25) is 0 Å². The maximum absolute atomic E-state index is 11.7. The number of hydrogen-bond acceptors (Lipinski definition) is 3. The maximum Gasteiger partial charge on any atom is 0.414 e. The highest BCUT2D eigenvalue weighted by Gasteiger charge is 2.33. The predicted octanol–water partition coefficient (Wildman–Crippen LogP) is 2.30. The molecule has 5 heteroatoms. The largest absolute Gasteiger partial charge is 0.447 e. The summed E-state index contributed by atoms with van der Waals surface area (Å²) in [5.74, 6) is 0. The van der Waals surface area contributed by atoms with E-state index in [-0.39, 0.29) is 12.1 Å². The van der Waals surface area contributed by atoms with Crippen LogP contribution in [-0.2, 0) is 4.74 Å². The molecule has 1 aliphatic heterocycles. The molecule has 1 saturated heterocycles. The van der Waals surface area contributed by atoms with Crippen molar-refractivity contribution in [1.82, 2.24) is 5.32 Å². The molecule has 0 bridgehead atoms. The monoisotopic (exact) mass is 298 g/mol. The van der Waals surface area contributed by atoms with Crippen molar-refractivity contribution in [2.45, 2.75) is 13.0 Å². The van der Waals surface area contributed by atoms with Crippen LogP contribution >= 0.6 is 15.9 Å². The van der Waals surface area contributed by atoms with Crippen LogP contribution in [0.25, 0.3) is 0 Å². The van der Waals surface area contributed by atoms with E-state index >= 15 is 0 Å². The van der Waals surface area contributed by atoms with Crippen molar-refractivity contribution in [3.8, 4) is 0 Å². The Bertz CT molecular complexity index is 437. The third-order valence-electron chi connectivity index (χ3n) is 2.82. The number of rotatable bonds is 3. The Morgan fingerprint density at radius 1 is 1.59 bits per heavy atom. The SMILES string of the molecule is CNCC1COC(=O)N1c1ccc(Br)c(C)c1. The molecule has 1 unspecified atom stereocenters. The zero-order valence-corrected chi connectivity index (χ0v) is 11.5. The van der Waals surface area contributed by atoms with Crippen molar-refractivity contribution in [3.05, 3.63) is 28.2 Å². The van der Waals surface area contributed by atoms with Gasteiger partial charge >= 0.3 is 6.09 Å². The summed E-state index contributed by atoms with van der Waals surface area (Å²) in [4.78, 5) is 13.4. The highest BCUT2D eigenvalue weighted by atomic mass is 79.9. The number of hydrogen-bond donors (Lipinski definition) is 1. The molecule has 4 nitrogen and oxygen atoms in total. The highest BCUT2D eigenvalue weighted by molar-refractivity contribution is 9.10. The average Bonchev–Trinajstić information content (AvgIpc) is 2.65. The molecule has 0 spiro atoms. The lowest BCUT2D eigenvalue weighted by Gasteiger charge is -2.21. The van der Waals surface area contributed by atoms with Crippen molar-refractivity contribution in [3.63, 3.8) is 0 Å². The van der Waals surface area contributed by atoms with Crippen molar-refractivity contribution in [2.24, 2.45) is 0 Å². The standard InChI is InChI=1S/C12H15BrN2O2/c1-8-5-9(3-4-11(8)13)15-10(6-14-2)7-17-12(15)16/h3-5,10,14H,6-7H2,1-2H3. The third kappa shape index (κ3) is 2.45. The van der Waals surface area contributed by atoms with Crippen molar-refractivity contribution < 1.29 is 9.53 Å². The highest BCUT2D eigenvalue weighted by Crippen LogP contribution is 2.27. The van der Waals surface area contributed by atoms with Crippen molar-refractivity contribution >= 4 is 27.7 Å². The van der Waals surface area contributed by atoms with Gasteiger partial charge in [0, 0.05) is 16.7 Å². The van der Waals surface area contributed by atoms with Crippen LogP contribution in [0.3, 0.4) is 0 Å². The van der Waals surface area contributed by atoms with Crippen LogP contribution in [0, 0.1) is 6.92 Å². The van der Waals surface area contributed by atoms with Gasteiger partial charge < -0.3 is 10.1 Å². The molecule has 17 heavy (non-hydrogen) atoms. The van der Waals surface area contributed by atoms with Gasteiger partial charge in [-0.3, -0.25) is 4.90 Å². The molecule has 2 rings (SSSR count). The first-order valence-electron chi connectivity index (χ1n) is 5.50. The van der Waals surface area contributed by atoms with E-state index in [0.29, 0.717) is 6.61 Å². The van der Waals surface area contributed by atoms with Crippen LogP contribution in [0.1, 0.15) is 5.56 Å². The van der Waals surface area contributed by atoms with E-state index in [1.807, 2.05) is 32.2 Å². The summed E-state index contributed by atoms with van der Waals surface area (Å²) >= 11 is 3.45. The van der Waals surface area contributed by atoms with E-state index in [9.17, 15) is 4.79 Å². The molecule has 1 amide bonds. The number of amides is 1. The number of halogens is 1. The van der Waals surface area contributed by atoms with E-state index in [4.69, 9.17) is 4.74 Å². The quantitative estimate of drug-likeness (QED) is 0.931. The lowest BCUT2D eigenvalue weighted by Crippen LogP contribution is -2.40. The Hall–Kier alpha value is -1.07. The molecule has 0 radical (unpaired) electrons. The fraction of sp³-hybridized carbons (Fsp3) is 0.417. The van der Waals surface area contributed by atoms with Gasteiger partial charge in [-0.15, -0.1) is 0 Å². The second kappa shape index (κ2) is 5.06. The molecule has 1 aromatic rings. The zero-order chi connectivity index (χ0) is 12.4. The first-order valence-corrected chi connectivity index (χ1v) is 6.29. The number of cyclic esters (lactones) is 1. The Balaban J connectivity index is 2.29. The zero-order valence-electron chi connectivity index (χ0n) is 9.87. The van der Waals surface area contributed by atoms with Gasteiger partial charge in [-0.05, 0) is 37.7 Å². The number of aryl methyl sites for hydroxylation is 1. The Morgan fingerprint density at radius 3 is 3.00 bits per heavy atom. The topological polar surface area (TPSA) is 41.6 Å². The van der Waals surface area contributed by atoms with Gasteiger partial charge in [0.05, 0.1) is 6.04 Å². The summed E-state index contributed by atoms with van der Waals surface area (Å²) in [6.45, 7) is 3.16. The number of carbonyl (C=O) groups is 1. The summed E-state index contributed by atoms with van der Waals surface area (Å²) < 4.78 is 6.13. The predicted molar refractivity (Wildman–Crippen MR) is 70.4 cm³/mol. The van der Waals surface area contributed by atoms with Crippen LogP contribution in [-0.4, -0.2) is 32.3 Å². The molecule has 1 aromatic carbocycles. The van der Waals surface area contributed by atoms with Crippen molar-refractivity contribution in [1.29, 1.82) is 0 Å². The second-order valence-corrected chi connectivity index (χ2v) is 4.95. The van der Waals surface area contributed by atoms with E-state index in [2.05, 4.69) is 21.2 Å². The lowest BCUT2D eigenvalue weighted by atomic mass is 10.2. The molecule has 0 aliphatic carbocycles. The summed E-state index contributed by atoms with van der Waals surface area (Å²) in [5.41, 5.74) is 1.99. The van der Waals surface area contributed by atoms with Gasteiger partial charge in [-0.1, -0.05) is 15.9 Å². The Kier molecular flexibility index (Phi) is 3.69. The number of benzene rings is 1. The molecular weight excluding hydrogens is 284 g/mol. The second-order valence-electron chi connectivity index (χ2n) is 4.09. The number of nitrogens with one attached hydrogen (secondary N) is 1. The van der Waals surface area contributed by atoms with Crippen LogP contribution in [0.4, 0.5) is 10.5 Å². The average molecular weight is 299 g/mol. The van der Waals surface area contributed by atoms with Gasteiger partial charge in [-0.25, -0.2) is 4.79 Å².